The minimum atomic E-state index is -0.872. The van der Waals surface area contributed by atoms with E-state index in [1.54, 1.807) is 0 Å². The minimum Gasteiger partial charge on any atom is -0.392 e. The molecule has 2 fully saturated rings. The van der Waals surface area contributed by atoms with E-state index >= 15 is 0 Å². The van der Waals surface area contributed by atoms with Gasteiger partial charge in [0.2, 0.25) is 5.91 Å². The number of hydrogen-bond donors (Lipinski definition) is 3. The molecule has 246 valence electrons. The predicted molar refractivity (Wildman–Crippen MR) is 183 cm³/mol. The maximum absolute atomic E-state index is 11.5. The number of likely N-dealkylation sites (tertiary alicyclic amines) is 1. The molecule has 0 radical (unpaired) electrons. The third kappa shape index (κ3) is 7.95. The molecule has 2 aliphatic heterocycles. The van der Waals surface area contributed by atoms with E-state index in [4.69, 9.17) is 21.1 Å². The molecule has 4 aromatic rings. The lowest BCUT2D eigenvalue weighted by atomic mass is 9.84. The first-order valence-electron chi connectivity index (χ1n) is 16.4. The average Bonchev–Trinajstić information content (AvgIpc) is 3.10. The van der Waals surface area contributed by atoms with Crippen LogP contribution in [-0.4, -0.2) is 46.8 Å². The van der Waals surface area contributed by atoms with Crippen LogP contribution in [0.5, 0.6) is 0 Å². The monoisotopic (exact) mass is 654 g/mol. The van der Waals surface area contributed by atoms with Crippen molar-refractivity contribution in [1.82, 2.24) is 10.2 Å². The zero-order chi connectivity index (χ0) is 33.0. The third-order valence-corrected chi connectivity index (χ3v) is 9.84. The van der Waals surface area contributed by atoms with Crippen LogP contribution in [0.3, 0.4) is 0 Å². The topological polar surface area (TPSA) is 91.3 Å². The van der Waals surface area contributed by atoms with Crippen molar-refractivity contribution in [3.05, 3.63) is 130 Å². The second-order valence-electron chi connectivity index (χ2n) is 12.9. The average molecular weight is 655 g/mol. The number of aliphatic hydroxyl groups excluding tert-OH is 1. The number of carbonyl (C=O) groups excluding carboxylic acids is 1. The van der Waals surface area contributed by atoms with Gasteiger partial charge in [-0.2, -0.15) is 0 Å². The van der Waals surface area contributed by atoms with Crippen LogP contribution < -0.4 is 5.32 Å². The van der Waals surface area contributed by atoms with Gasteiger partial charge in [-0.25, -0.2) is 0 Å². The molecule has 0 aromatic heterocycles. The molecule has 47 heavy (non-hydrogen) atoms. The van der Waals surface area contributed by atoms with Gasteiger partial charge in [0.15, 0.2) is 6.29 Å². The number of hydrogen-bond acceptors (Lipinski definition) is 6. The van der Waals surface area contributed by atoms with Gasteiger partial charge in [-0.1, -0.05) is 91.3 Å². The molecule has 0 spiro atoms. The fourth-order valence-electron chi connectivity index (χ4n) is 6.69. The summed E-state index contributed by atoms with van der Waals surface area (Å²) in [7, 11) is 0. The molecule has 0 aliphatic carbocycles. The predicted octanol–water partition coefficient (Wildman–Crippen LogP) is 6.91. The Morgan fingerprint density at radius 3 is 2.26 bits per heavy atom. The summed E-state index contributed by atoms with van der Waals surface area (Å²) in [6.45, 7) is 6.37. The highest BCUT2D eigenvalue weighted by molar-refractivity contribution is 6.30. The van der Waals surface area contributed by atoms with Gasteiger partial charge < -0.3 is 29.9 Å². The number of nitrogens with one attached hydrogen (secondary N) is 1. The Labute approximate surface area is 282 Å². The van der Waals surface area contributed by atoms with Crippen LogP contribution in [0.2, 0.25) is 5.02 Å². The van der Waals surface area contributed by atoms with Crippen molar-refractivity contribution in [2.45, 2.75) is 63.9 Å². The molecule has 2 saturated heterocycles. The van der Waals surface area contributed by atoms with Crippen LogP contribution in [0.25, 0.3) is 11.1 Å². The molecule has 6 rings (SSSR count). The van der Waals surface area contributed by atoms with Gasteiger partial charge in [0.1, 0.15) is 0 Å². The first-order chi connectivity index (χ1) is 22.7. The van der Waals surface area contributed by atoms with Crippen molar-refractivity contribution in [2.24, 2.45) is 5.92 Å². The number of amides is 1. The Balaban J connectivity index is 1.22. The van der Waals surface area contributed by atoms with Gasteiger partial charge in [0, 0.05) is 49.6 Å². The van der Waals surface area contributed by atoms with Gasteiger partial charge in [-0.15, -0.1) is 0 Å². The maximum Gasteiger partial charge on any atom is 0.217 e. The van der Waals surface area contributed by atoms with Crippen molar-refractivity contribution in [3.63, 3.8) is 0 Å². The van der Waals surface area contributed by atoms with E-state index in [1.165, 1.54) is 6.92 Å². The minimum absolute atomic E-state index is 0.00808. The Bertz CT molecular complexity index is 1650. The zero-order valence-electron chi connectivity index (χ0n) is 26.9. The van der Waals surface area contributed by atoms with Gasteiger partial charge in [-0.05, 0) is 70.5 Å². The molecule has 8 heteroatoms. The molecule has 0 unspecified atom stereocenters. The summed E-state index contributed by atoms with van der Waals surface area (Å²) in [6.07, 6.45) is 0.335. The van der Waals surface area contributed by atoms with Crippen LogP contribution in [0, 0.1) is 5.92 Å². The molecule has 2 heterocycles. The first kappa shape index (κ1) is 33.3. The Morgan fingerprint density at radius 2 is 1.57 bits per heavy atom. The number of carbonyl (C=O) groups is 1. The summed E-state index contributed by atoms with van der Waals surface area (Å²) in [5.74, 6) is -0.00734. The Hall–Kier alpha value is -3.56. The van der Waals surface area contributed by atoms with E-state index in [-0.39, 0.29) is 30.6 Å². The molecule has 4 aromatic carbocycles. The SMILES string of the molecule is CC(=O)NCc1cccc(-c2cccc([C@H]3O[C@@H](CN4CCC(O)(c5ccc(Cl)cc5)CC4)[C@@H](C)[C@@H](c4ccc(CO)cc4)O3)c2)c1. The molecule has 7 nitrogen and oxygen atoms in total. The van der Waals surface area contributed by atoms with Gasteiger partial charge in [0.05, 0.1) is 24.4 Å². The highest BCUT2D eigenvalue weighted by atomic mass is 35.5. The third-order valence-electron chi connectivity index (χ3n) is 9.59. The van der Waals surface area contributed by atoms with E-state index in [9.17, 15) is 15.0 Å². The Kier molecular flexibility index (Phi) is 10.4. The molecule has 0 bridgehead atoms. The largest absolute Gasteiger partial charge is 0.392 e. The van der Waals surface area contributed by atoms with Crippen LogP contribution >= 0.6 is 11.6 Å². The number of nitrogens with zero attached hydrogens (tertiary/aromatic N) is 1. The second kappa shape index (κ2) is 14.7. The lowest BCUT2D eigenvalue weighted by molar-refractivity contribution is -0.277. The van der Waals surface area contributed by atoms with Crippen LogP contribution in [0.15, 0.2) is 97.1 Å². The number of rotatable bonds is 9. The summed E-state index contributed by atoms with van der Waals surface area (Å²) in [6, 6.07) is 31.9. The maximum atomic E-state index is 11.5. The number of piperidine rings is 1. The van der Waals surface area contributed by atoms with E-state index in [0.29, 0.717) is 31.0 Å². The van der Waals surface area contributed by atoms with Gasteiger partial charge in [0.25, 0.3) is 0 Å². The number of aliphatic hydroxyl groups is 2. The van der Waals surface area contributed by atoms with Crippen molar-refractivity contribution in [2.75, 3.05) is 19.6 Å². The van der Waals surface area contributed by atoms with Crippen LogP contribution in [0.4, 0.5) is 0 Å². The molecule has 3 N–H and O–H groups in total. The van der Waals surface area contributed by atoms with Crippen molar-refractivity contribution in [1.29, 1.82) is 0 Å². The highest BCUT2D eigenvalue weighted by Gasteiger charge is 2.41. The van der Waals surface area contributed by atoms with Crippen LogP contribution in [0.1, 0.15) is 66.9 Å². The molecular formula is C39H43ClN2O5. The smallest absolute Gasteiger partial charge is 0.217 e. The Morgan fingerprint density at radius 1 is 0.894 bits per heavy atom. The fraction of sp³-hybridized carbons (Fsp3) is 0.359. The lowest BCUT2D eigenvalue weighted by Crippen LogP contribution is -2.49. The van der Waals surface area contributed by atoms with E-state index in [0.717, 1.165) is 52.0 Å². The number of ether oxygens (including phenoxy) is 2. The molecule has 0 saturated carbocycles. The van der Waals surface area contributed by atoms with Gasteiger partial charge >= 0.3 is 0 Å². The molecular weight excluding hydrogens is 612 g/mol. The van der Waals surface area contributed by atoms with Crippen molar-refractivity contribution in [3.8, 4) is 11.1 Å². The summed E-state index contributed by atoms with van der Waals surface area (Å²) < 4.78 is 13.5. The van der Waals surface area contributed by atoms with Crippen molar-refractivity contribution < 1.29 is 24.5 Å². The molecule has 2 aliphatic rings. The molecule has 1 amide bonds. The van der Waals surface area contributed by atoms with Gasteiger partial charge in [-0.3, -0.25) is 4.79 Å². The van der Waals surface area contributed by atoms with Crippen molar-refractivity contribution >= 4 is 17.5 Å². The van der Waals surface area contributed by atoms with E-state index < -0.39 is 11.9 Å². The first-order valence-corrected chi connectivity index (χ1v) is 16.7. The lowest BCUT2D eigenvalue weighted by Gasteiger charge is -2.45. The van der Waals surface area contributed by atoms with Crippen LogP contribution in [-0.2, 0) is 33.0 Å². The second-order valence-corrected chi connectivity index (χ2v) is 13.3. The quantitative estimate of drug-likeness (QED) is 0.182. The fourth-order valence-corrected chi connectivity index (χ4v) is 6.82. The number of halogens is 1. The van der Waals surface area contributed by atoms with E-state index in [2.05, 4.69) is 41.4 Å². The zero-order valence-corrected chi connectivity index (χ0v) is 27.7. The standard InChI is InChI=1S/C39H43ClN2O5/c1-26-36(24-42-19-17-39(45,18-20-42)34-13-15-35(40)16-14-34)46-38(47-37(26)30-11-9-28(25-43)10-12-30)33-8-4-7-32(22-33)31-6-3-5-29(21-31)23-41-27(2)44/h3-16,21-22,26,36-38,43,45H,17-20,23-25H2,1-2H3,(H,41,44)/t26-,36+,37+,38+/m1/s1. The summed E-state index contributed by atoms with van der Waals surface area (Å²) in [4.78, 5) is 13.8. The normalized spacial score (nSPS) is 22.9. The number of benzene rings is 4. The highest BCUT2D eigenvalue weighted by Crippen LogP contribution is 2.43. The molecule has 4 atom stereocenters. The summed E-state index contributed by atoms with van der Waals surface area (Å²) in [5, 5.41) is 24.6. The summed E-state index contributed by atoms with van der Waals surface area (Å²) in [5.41, 5.74) is 5.98. The van der Waals surface area contributed by atoms with E-state index in [1.807, 2.05) is 72.8 Å². The summed E-state index contributed by atoms with van der Waals surface area (Å²) >= 11 is 6.10.